The number of piperazine rings is 1. The van der Waals surface area contributed by atoms with E-state index >= 15 is 0 Å². The number of carbonyl (C=O) groups is 1. The van der Waals surface area contributed by atoms with Crippen molar-refractivity contribution in [2.24, 2.45) is 10.5 Å². The Bertz CT molecular complexity index is 1020. The summed E-state index contributed by atoms with van der Waals surface area (Å²) in [5.74, 6) is 0.0924. The number of fused-ring (bicyclic) bond motifs is 4. The van der Waals surface area contributed by atoms with Crippen LogP contribution in [0.5, 0.6) is 0 Å². The van der Waals surface area contributed by atoms with Crippen LogP contribution >= 0.6 is 15.9 Å². The number of carbonyl (C=O) groups excluding carboxylic acids is 1. The number of anilines is 2. The van der Waals surface area contributed by atoms with Crippen molar-refractivity contribution >= 4 is 38.9 Å². The van der Waals surface area contributed by atoms with Crippen molar-refractivity contribution < 1.29 is 4.79 Å². The van der Waals surface area contributed by atoms with Crippen molar-refractivity contribution in [1.82, 2.24) is 4.90 Å². The number of likely N-dealkylation sites (N-methyl/N-ethyl adjacent to an activating group) is 1. The summed E-state index contributed by atoms with van der Waals surface area (Å²) < 4.78 is 1.05. The smallest absolute Gasteiger partial charge is 0.261 e. The Hall–Kier alpha value is -2.18. The summed E-state index contributed by atoms with van der Waals surface area (Å²) in [5, 5.41) is 6.43. The van der Waals surface area contributed by atoms with Crippen LogP contribution in [0.25, 0.3) is 0 Å². The van der Waals surface area contributed by atoms with E-state index in [1.807, 2.05) is 31.2 Å². The van der Waals surface area contributed by atoms with Crippen LogP contribution in [0.15, 0.2) is 52.0 Å². The molecule has 0 radical (unpaired) electrons. The van der Waals surface area contributed by atoms with Crippen molar-refractivity contribution in [3.05, 3.63) is 58.1 Å². The van der Waals surface area contributed by atoms with Crippen LogP contribution in [0.2, 0.25) is 0 Å². The first-order valence-electron chi connectivity index (χ1n) is 10.1. The Balaban J connectivity index is 1.63. The van der Waals surface area contributed by atoms with E-state index in [1.54, 1.807) is 5.01 Å². The van der Waals surface area contributed by atoms with E-state index in [0.29, 0.717) is 6.42 Å². The van der Waals surface area contributed by atoms with E-state index in [1.165, 1.54) is 16.8 Å². The van der Waals surface area contributed by atoms with Gasteiger partial charge >= 0.3 is 0 Å². The number of aryl methyl sites for hydroxylation is 1. The lowest BCUT2D eigenvalue weighted by Crippen LogP contribution is -2.66. The molecule has 1 spiro atoms. The highest BCUT2D eigenvalue weighted by Crippen LogP contribution is 2.48. The van der Waals surface area contributed by atoms with E-state index in [9.17, 15) is 4.79 Å². The number of rotatable bonds is 1. The van der Waals surface area contributed by atoms with Gasteiger partial charge in [-0.1, -0.05) is 33.6 Å². The molecule has 1 amide bonds. The number of amides is 1. The Kier molecular flexibility index (Phi) is 4.33. The van der Waals surface area contributed by atoms with Gasteiger partial charge in [0.05, 0.1) is 17.4 Å². The van der Waals surface area contributed by atoms with E-state index in [2.05, 4.69) is 57.9 Å². The molecule has 5 nitrogen and oxygen atoms in total. The molecule has 150 valence electrons. The molecule has 2 aromatic carbocycles. The minimum absolute atomic E-state index is 0.0848. The standard InChI is InChI=1S/C23H25BrN4O/c1-15-4-7-19(8-5-15)28-22(29)23(16(2)25-28)13-17-12-18(24)6-9-20(17)27-11-10-26(3)14-21(23)27/h4-9,12,21H,10-11,13-14H2,1-3H3/t21-,23+/m1/s1. The molecule has 0 aliphatic carbocycles. The molecule has 3 aliphatic rings. The second-order valence-electron chi connectivity index (χ2n) is 8.53. The molecule has 2 atom stereocenters. The third-order valence-electron chi connectivity index (χ3n) is 6.72. The molecule has 3 aliphatic heterocycles. The molecular weight excluding hydrogens is 428 g/mol. The van der Waals surface area contributed by atoms with Crippen LogP contribution in [0.3, 0.4) is 0 Å². The predicted octanol–water partition coefficient (Wildman–Crippen LogP) is 3.84. The maximum atomic E-state index is 14.0. The molecule has 5 rings (SSSR count). The summed E-state index contributed by atoms with van der Waals surface area (Å²) in [7, 11) is 2.14. The zero-order chi connectivity index (χ0) is 20.3. The molecule has 1 fully saturated rings. The lowest BCUT2D eigenvalue weighted by molar-refractivity contribution is -0.125. The Labute approximate surface area is 180 Å². The molecule has 6 heteroatoms. The zero-order valence-corrected chi connectivity index (χ0v) is 18.6. The van der Waals surface area contributed by atoms with Crippen molar-refractivity contribution in [1.29, 1.82) is 0 Å². The molecule has 0 bridgehead atoms. The van der Waals surface area contributed by atoms with E-state index in [-0.39, 0.29) is 11.9 Å². The second-order valence-corrected chi connectivity index (χ2v) is 9.45. The first kappa shape index (κ1) is 18.8. The molecule has 2 aromatic rings. The number of hydrogen-bond donors (Lipinski definition) is 0. The highest BCUT2D eigenvalue weighted by Gasteiger charge is 2.59. The molecular formula is C23H25BrN4O. The largest absolute Gasteiger partial charge is 0.364 e. The maximum Gasteiger partial charge on any atom is 0.261 e. The average Bonchev–Trinajstić information content (AvgIpc) is 2.94. The first-order chi connectivity index (χ1) is 13.9. The van der Waals surface area contributed by atoms with Gasteiger partial charge < -0.3 is 9.80 Å². The van der Waals surface area contributed by atoms with E-state index in [0.717, 1.165) is 35.5 Å². The number of halogens is 1. The van der Waals surface area contributed by atoms with Crippen LogP contribution in [0, 0.1) is 12.3 Å². The summed E-state index contributed by atoms with van der Waals surface area (Å²) >= 11 is 3.62. The fraction of sp³-hybridized carbons (Fsp3) is 0.391. The zero-order valence-electron chi connectivity index (χ0n) is 17.0. The van der Waals surface area contributed by atoms with Crippen LogP contribution < -0.4 is 9.91 Å². The van der Waals surface area contributed by atoms with Crippen LogP contribution in [-0.4, -0.2) is 49.2 Å². The van der Waals surface area contributed by atoms with Crippen molar-refractivity contribution in [3.8, 4) is 0 Å². The predicted molar refractivity (Wildman–Crippen MR) is 121 cm³/mol. The topological polar surface area (TPSA) is 39.2 Å². The SMILES string of the molecule is CC1=NN(c2ccc(C)cc2)C(=O)[C@@]12Cc1cc(Br)ccc1N1CCN(C)C[C@@H]12. The van der Waals surface area contributed by atoms with Crippen molar-refractivity contribution in [2.45, 2.75) is 26.3 Å². The van der Waals surface area contributed by atoms with E-state index in [4.69, 9.17) is 5.10 Å². The third-order valence-corrected chi connectivity index (χ3v) is 7.21. The van der Waals surface area contributed by atoms with Gasteiger partial charge in [-0.3, -0.25) is 4.79 Å². The fourth-order valence-corrected chi connectivity index (χ4v) is 5.51. The average molecular weight is 453 g/mol. The summed E-state index contributed by atoms with van der Waals surface area (Å²) in [6, 6.07) is 14.6. The summed E-state index contributed by atoms with van der Waals surface area (Å²) in [5.41, 5.74) is 4.77. The quantitative estimate of drug-likeness (QED) is 0.659. The fourth-order valence-electron chi connectivity index (χ4n) is 5.10. The maximum absolute atomic E-state index is 14.0. The first-order valence-corrected chi connectivity index (χ1v) is 10.9. The van der Waals surface area contributed by atoms with Gasteiger partial charge in [0.15, 0.2) is 0 Å². The minimum atomic E-state index is -0.632. The Morgan fingerprint density at radius 1 is 1.10 bits per heavy atom. The van der Waals surface area contributed by atoms with Crippen molar-refractivity contribution in [3.63, 3.8) is 0 Å². The molecule has 29 heavy (non-hydrogen) atoms. The normalized spacial score (nSPS) is 26.6. The van der Waals surface area contributed by atoms with Gasteiger partial charge in [-0.25, -0.2) is 0 Å². The molecule has 0 unspecified atom stereocenters. The monoisotopic (exact) mass is 452 g/mol. The molecule has 3 heterocycles. The number of benzene rings is 2. The number of hydrogen-bond acceptors (Lipinski definition) is 4. The molecule has 0 N–H and O–H groups in total. The van der Waals surface area contributed by atoms with Gasteiger partial charge in [-0.05, 0) is 63.2 Å². The molecule has 0 aromatic heterocycles. The van der Waals surface area contributed by atoms with Gasteiger partial charge in [-0.15, -0.1) is 0 Å². The van der Waals surface area contributed by atoms with Gasteiger partial charge in [-0.2, -0.15) is 10.1 Å². The lowest BCUT2D eigenvalue weighted by atomic mass is 9.67. The summed E-state index contributed by atoms with van der Waals surface area (Å²) in [4.78, 5) is 18.8. The number of hydrazone groups is 1. The van der Waals surface area contributed by atoms with Crippen LogP contribution in [-0.2, 0) is 11.2 Å². The molecule has 1 saturated heterocycles. The lowest BCUT2D eigenvalue weighted by Gasteiger charge is -2.52. The minimum Gasteiger partial charge on any atom is -0.364 e. The van der Waals surface area contributed by atoms with Gasteiger partial charge in [0.1, 0.15) is 5.41 Å². The highest BCUT2D eigenvalue weighted by atomic mass is 79.9. The van der Waals surface area contributed by atoms with Gasteiger partial charge in [0, 0.05) is 29.8 Å². The summed E-state index contributed by atoms with van der Waals surface area (Å²) in [6.45, 7) is 6.85. The Morgan fingerprint density at radius 3 is 2.62 bits per heavy atom. The van der Waals surface area contributed by atoms with Crippen LogP contribution in [0.4, 0.5) is 11.4 Å². The highest BCUT2D eigenvalue weighted by molar-refractivity contribution is 9.10. The molecule has 0 saturated carbocycles. The van der Waals surface area contributed by atoms with Gasteiger partial charge in [0.2, 0.25) is 0 Å². The van der Waals surface area contributed by atoms with Gasteiger partial charge in [0.25, 0.3) is 5.91 Å². The Morgan fingerprint density at radius 2 is 1.86 bits per heavy atom. The van der Waals surface area contributed by atoms with Crippen LogP contribution in [0.1, 0.15) is 18.1 Å². The van der Waals surface area contributed by atoms with Crippen molar-refractivity contribution in [2.75, 3.05) is 36.6 Å². The summed E-state index contributed by atoms with van der Waals surface area (Å²) in [6.07, 6.45) is 0.688. The number of nitrogens with zero attached hydrogens (tertiary/aromatic N) is 4. The van der Waals surface area contributed by atoms with E-state index < -0.39 is 5.41 Å². The second kappa shape index (κ2) is 6.67. The third kappa shape index (κ3) is 2.76.